The molecule has 0 radical (unpaired) electrons. The van der Waals surface area contributed by atoms with Gasteiger partial charge in [-0.15, -0.1) is 0 Å². The maximum absolute atomic E-state index is 5.70. The molecule has 1 fully saturated rings. The molecule has 0 bridgehead atoms. The van der Waals surface area contributed by atoms with Gasteiger partial charge in [0, 0.05) is 0 Å². The van der Waals surface area contributed by atoms with E-state index in [1.54, 1.807) is 0 Å². The highest BCUT2D eigenvalue weighted by Gasteiger charge is 2.47. The molecule has 0 aliphatic heterocycles. The average molecular weight is 189 g/mol. The Morgan fingerprint density at radius 1 is 1.29 bits per heavy atom. The number of rotatable bonds is 3. The first-order valence-electron chi connectivity index (χ1n) is 5.42. The zero-order valence-corrected chi connectivity index (χ0v) is 9.03. The first-order valence-corrected chi connectivity index (χ1v) is 5.42. The Hall–Kier alpha value is -0.820. The minimum Gasteiger partial charge on any atom is -0.330 e. The molecule has 1 aliphatic rings. The summed E-state index contributed by atoms with van der Waals surface area (Å²) < 4.78 is 0. The van der Waals surface area contributed by atoms with Gasteiger partial charge in [0.15, 0.2) is 0 Å². The van der Waals surface area contributed by atoms with Crippen LogP contribution in [0.3, 0.4) is 0 Å². The van der Waals surface area contributed by atoms with Crippen molar-refractivity contribution >= 4 is 0 Å². The molecule has 2 atom stereocenters. The van der Waals surface area contributed by atoms with E-state index in [0.717, 1.165) is 18.4 Å². The van der Waals surface area contributed by atoms with Gasteiger partial charge in [0.05, 0.1) is 0 Å². The summed E-state index contributed by atoms with van der Waals surface area (Å²) in [7, 11) is 0. The highest BCUT2D eigenvalue weighted by atomic mass is 14.6. The Morgan fingerprint density at radius 2 is 1.93 bits per heavy atom. The van der Waals surface area contributed by atoms with Crippen LogP contribution in [0.2, 0.25) is 0 Å². The molecule has 1 aliphatic carbocycles. The molecule has 2 N–H and O–H groups in total. The second-order valence-electron chi connectivity index (χ2n) is 4.93. The maximum Gasteiger partial charge on any atom is -0.00458 e. The first kappa shape index (κ1) is 9.72. The zero-order chi connectivity index (χ0) is 10.2. The molecule has 0 heterocycles. The molecule has 1 aromatic rings. The second kappa shape index (κ2) is 3.39. The van der Waals surface area contributed by atoms with E-state index in [-0.39, 0.29) is 0 Å². The summed E-state index contributed by atoms with van der Waals surface area (Å²) in [4.78, 5) is 0. The van der Waals surface area contributed by atoms with Gasteiger partial charge in [0.2, 0.25) is 0 Å². The van der Waals surface area contributed by atoms with Crippen LogP contribution in [0, 0.1) is 11.8 Å². The van der Waals surface area contributed by atoms with Crippen LogP contribution in [-0.4, -0.2) is 6.54 Å². The fraction of sp³-hybridized carbons (Fsp3) is 0.538. The van der Waals surface area contributed by atoms with Gasteiger partial charge in [0.25, 0.3) is 0 Å². The van der Waals surface area contributed by atoms with Crippen LogP contribution in [0.5, 0.6) is 0 Å². The quantitative estimate of drug-likeness (QED) is 0.777. The molecular weight excluding hydrogens is 170 g/mol. The Morgan fingerprint density at radius 3 is 2.43 bits per heavy atom. The van der Waals surface area contributed by atoms with Crippen LogP contribution >= 0.6 is 0 Å². The molecule has 1 heteroatoms. The molecule has 1 saturated carbocycles. The van der Waals surface area contributed by atoms with Crippen LogP contribution in [-0.2, 0) is 5.41 Å². The van der Waals surface area contributed by atoms with Crippen LogP contribution in [0.25, 0.3) is 0 Å². The molecule has 0 aromatic heterocycles. The third-order valence-corrected chi connectivity index (χ3v) is 3.67. The molecule has 1 aromatic carbocycles. The van der Waals surface area contributed by atoms with Gasteiger partial charge in [-0.2, -0.15) is 0 Å². The van der Waals surface area contributed by atoms with Crippen molar-refractivity contribution in [3.63, 3.8) is 0 Å². The standard InChI is InChI=1S/C13H19N/c1-13(2,12-8-10(12)9-14)11-6-4-3-5-7-11/h3-7,10,12H,8-9,14H2,1-2H3. The van der Waals surface area contributed by atoms with Crippen molar-refractivity contribution in [2.75, 3.05) is 6.54 Å². The Kier molecular flexibility index (Phi) is 2.36. The number of benzene rings is 1. The van der Waals surface area contributed by atoms with Gasteiger partial charge in [-0.3, -0.25) is 0 Å². The minimum atomic E-state index is 0.297. The minimum absolute atomic E-state index is 0.297. The van der Waals surface area contributed by atoms with Crippen molar-refractivity contribution in [2.45, 2.75) is 25.7 Å². The summed E-state index contributed by atoms with van der Waals surface area (Å²) in [5, 5.41) is 0. The summed E-state index contributed by atoms with van der Waals surface area (Å²) in [5.41, 5.74) is 7.44. The van der Waals surface area contributed by atoms with E-state index in [2.05, 4.69) is 44.2 Å². The molecule has 0 amide bonds. The summed E-state index contributed by atoms with van der Waals surface area (Å²) in [6.45, 7) is 5.52. The lowest BCUT2D eigenvalue weighted by molar-refractivity contribution is 0.426. The van der Waals surface area contributed by atoms with Crippen molar-refractivity contribution in [1.29, 1.82) is 0 Å². The van der Waals surface area contributed by atoms with Gasteiger partial charge in [-0.1, -0.05) is 44.2 Å². The second-order valence-corrected chi connectivity index (χ2v) is 4.93. The largest absolute Gasteiger partial charge is 0.330 e. The van der Waals surface area contributed by atoms with Crippen molar-refractivity contribution in [2.24, 2.45) is 17.6 Å². The van der Waals surface area contributed by atoms with Gasteiger partial charge in [-0.25, -0.2) is 0 Å². The van der Waals surface area contributed by atoms with Gasteiger partial charge >= 0.3 is 0 Å². The van der Waals surface area contributed by atoms with E-state index in [1.165, 1.54) is 12.0 Å². The molecular formula is C13H19N. The number of hydrogen-bond acceptors (Lipinski definition) is 1. The predicted molar refractivity (Wildman–Crippen MR) is 60.1 cm³/mol. The molecule has 1 nitrogen and oxygen atoms in total. The number of nitrogens with two attached hydrogens (primary N) is 1. The van der Waals surface area contributed by atoms with Crippen molar-refractivity contribution in [3.05, 3.63) is 35.9 Å². The van der Waals surface area contributed by atoms with Crippen LogP contribution in [0.15, 0.2) is 30.3 Å². The summed E-state index contributed by atoms with van der Waals surface area (Å²) in [6.07, 6.45) is 1.30. The maximum atomic E-state index is 5.70. The van der Waals surface area contributed by atoms with Crippen molar-refractivity contribution in [3.8, 4) is 0 Å². The molecule has 76 valence electrons. The summed E-state index contributed by atoms with van der Waals surface area (Å²) in [5.74, 6) is 1.54. The molecule has 2 rings (SSSR count). The van der Waals surface area contributed by atoms with E-state index in [9.17, 15) is 0 Å². The van der Waals surface area contributed by atoms with Gasteiger partial charge in [-0.05, 0) is 35.8 Å². The summed E-state index contributed by atoms with van der Waals surface area (Å²) >= 11 is 0. The number of hydrogen-bond donors (Lipinski definition) is 1. The Bertz CT molecular complexity index is 302. The third kappa shape index (κ3) is 1.57. The fourth-order valence-corrected chi connectivity index (χ4v) is 2.47. The van der Waals surface area contributed by atoms with Crippen LogP contribution in [0.4, 0.5) is 0 Å². The van der Waals surface area contributed by atoms with E-state index < -0.39 is 0 Å². The highest BCUT2D eigenvalue weighted by Crippen LogP contribution is 2.51. The molecule has 0 saturated heterocycles. The molecule has 0 spiro atoms. The average Bonchev–Trinajstić information content (AvgIpc) is 2.98. The van der Waals surface area contributed by atoms with E-state index in [1.807, 2.05) is 0 Å². The predicted octanol–water partition coefficient (Wildman–Crippen LogP) is 2.56. The Balaban J connectivity index is 2.17. The smallest absolute Gasteiger partial charge is 0.00458 e. The lowest BCUT2D eigenvalue weighted by atomic mass is 9.79. The Labute approximate surface area is 86.3 Å². The van der Waals surface area contributed by atoms with E-state index in [0.29, 0.717) is 5.41 Å². The van der Waals surface area contributed by atoms with Crippen LogP contribution < -0.4 is 5.73 Å². The van der Waals surface area contributed by atoms with Gasteiger partial charge < -0.3 is 5.73 Å². The van der Waals surface area contributed by atoms with Crippen LogP contribution in [0.1, 0.15) is 25.8 Å². The highest BCUT2D eigenvalue weighted by molar-refractivity contribution is 5.27. The first-order chi connectivity index (χ1) is 6.66. The van der Waals surface area contributed by atoms with Gasteiger partial charge in [0.1, 0.15) is 0 Å². The summed E-state index contributed by atoms with van der Waals surface area (Å²) in [6, 6.07) is 10.8. The normalized spacial score (nSPS) is 26.2. The van der Waals surface area contributed by atoms with E-state index in [4.69, 9.17) is 5.73 Å². The lowest BCUT2D eigenvalue weighted by Crippen LogP contribution is -2.22. The molecule has 2 unspecified atom stereocenters. The molecule has 14 heavy (non-hydrogen) atoms. The fourth-order valence-electron chi connectivity index (χ4n) is 2.47. The van der Waals surface area contributed by atoms with Crippen molar-refractivity contribution < 1.29 is 0 Å². The SMILES string of the molecule is CC(C)(c1ccccc1)C1CC1CN. The van der Waals surface area contributed by atoms with E-state index >= 15 is 0 Å². The van der Waals surface area contributed by atoms with Crippen molar-refractivity contribution in [1.82, 2.24) is 0 Å². The zero-order valence-electron chi connectivity index (χ0n) is 9.03. The lowest BCUT2D eigenvalue weighted by Gasteiger charge is -2.25. The topological polar surface area (TPSA) is 26.0 Å². The monoisotopic (exact) mass is 189 g/mol. The third-order valence-electron chi connectivity index (χ3n) is 3.67.